The molecular weight excluding hydrogens is 348 g/mol. The zero-order valence-corrected chi connectivity index (χ0v) is 15.8. The summed E-state index contributed by atoms with van der Waals surface area (Å²) in [5.74, 6) is -0.360. The average Bonchev–Trinajstić information content (AvgIpc) is 2.70. The minimum Gasteiger partial charge on any atom is -0.281 e. The summed E-state index contributed by atoms with van der Waals surface area (Å²) in [6.07, 6.45) is 0. The molecule has 0 bridgehead atoms. The topological polar surface area (TPSA) is 40.6 Å². The van der Waals surface area contributed by atoms with E-state index in [2.05, 4.69) is 0 Å². The fourth-order valence-electron chi connectivity index (χ4n) is 3.60. The first-order valence-corrected chi connectivity index (χ1v) is 9.40. The van der Waals surface area contributed by atoms with Gasteiger partial charge in [-0.05, 0) is 35.2 Å². The van der Waals surface area contributed by atoms with Gasteiger partial charge in [-0.1, -0.05) is 72.8 Å². The standard InChI is InChI=1S/C24H22N2O2/c1-18-12-13-21(20-10-6-3-7-11-20)14-22(18)26-23(27)16-25(17-24(26)28)15-19-8-4-2-5-9-19/h2-14H,15-17H2,1H3. The number of hydrogen-bond acceptors (Lipinski definition) is 3. The van der Waals surface area contributed by atoms with Gasteiger partial charge in [-0.25, -0.2) is 4.90 Å². The highest BCUT2D eigenvalue weighted by atomic mass is 16.2. The number of nitrogens with zero attached hydrogens (tertiary/aromatic N) is 2. The van der Waals surface area contributed by atoms with Crippen LogP contribution in [0.4, 0.5) is 5.69 Å². The fourth-order valence-corrected chi connectivity index (χ4v) is 3.60. The van der Waals surface area contributed by atoms with Gasteiger partial charge in [0.15, 0.2) is 0 Å². The molecule has 140 valence electrons. The summed E-state index contributed by atoms with van der Waals surface area (Å²) in [5, 5.41) is 0. The van der Waals surface area contributed by atoms with E-state index in [1.54, 1.807) is 0 Å². The highest BCUT2D eigenvalue weighted by molar-refractivity contribution is 6.18. The number of carbonyl (C=O) groups is 2. The molecule has 1 fully saturated rings. The van der Waals surface area contributed by atoms with Gasteiger partial charge in [0.05, 0.1) is 18.8 Å². The minimum absolute atomic E-state index is 0.180. The third kappa shape index (κ3) is 3.73. The maximum atomic E-state index is 12.9. The molecule has 28 heavy (non-hydrogen) atoms. The van der Waals surface area contributed by atoms with Crippen LogP contribution in [0.15, 0.2) is 78.9 Å². The molecular formula is C24H22N2O2. The molecule has 3 aromatic carbocycles. The van der Waals surface area contributed by atoms with Gasteiger partial charge >= 0.3 is 0 Å². The zero-order chi connectivity index (χ0) is 19.5. The van der Waals surface area contributed by atoms with Crippen LogP contribution in [-0.2, 0) is 16.1 Å². The van der Waals surface area contributed by atoms with Gasteiger partial charge in [0, 0.05) is 6.54 Å². The Morgan fingerprint density at radius 3 is 2.00 bits per heavy atom. The minimum atomic E-state index is -0.180. The first-order chi connectivity index (χ1) is 13.6. The van der Waals surface area contributed by atoms with Crippen molar-refractivity contribution in [1.82, 2.24) is 4.90 Å². The van der Waals surface area contributed by atoms with Crippen molar-refractivity contribution in [2.45, 2.75) is 13.5 Å². The highest BCUT2D eigenvalue weighted by Gasteiger charge is 2.33. The van der Waals surface area contributed by atoms with Crippen LogP contribution >= 0.6 is 0 Å². The summed E-state index contributed by atoms with van der Waals surface area (Å²) in [6.45, 7) is 2.99. The third-order valence-corrected chi connectivity index (χ3v) is 5.02. The Labute approximate surface area is 165 Å². The van der Waals surface area contributed by atoms with Crippen LogP contribution in [0.2, 0.25) is 0 Å². The Morgan fingerprint density at radius 2 is 1.36 bits per heavy atom. The monoisotopic (exact) mass is 370 g/mol. The van der Waals surface area contributed by atoms with Crippen molar-refractivity contribution in [3.63, 3.8) is 0 Å². The molecule has 0 spiro atoms. The van der Waals surface area contributed by atoms with Crippen molar-refractivity contribution in [3.8, 4) is 11.1 Å². The van der Waals surface area contributed by atoms with Crippen LogP contribution in [0.3, 0.4) is 0 Å². The number of benzene rings is 3. The SMILES string of the molecule is Cc1ccc(-c2ccccc2)cc1N1C(=O)CN(Cc2ccccc2)CC1=O. The molecule has 2 amide bonds. The number of rotatable bonds is 4. The highest BCUT2D eigenvalue weighted by Crippen LogP contribution is 2.29. The van der Waals surface area contributed by atoms with Crippen LogP contribution in [0.5, 0.6) is 0 Å². The summed E-state index contributed by atoms with van der Waals surface area (Å²) in [7, 11) is 0. The predicted octanol–water partition coefficient (Wildman–Crippen LogP) is 4.04. The summed E-state index contributed by atoms with van der Waals surface area (Å²) < 4.78 is 0. The zero-order valence-electron chi connectivity index (χ0n) is 15.8. The van der Waals surface area contributed by atoms with Gasteiger partial charge in [0.25, 0.3) is 0 Å². The van der Waals surface area contributed by atoms with Gasteiger partial charge in [0.1, 0.15) is 0 Å². The molecule has 0 aromatic heterocycles. The molecule has 4 heteroatoms. The Kier molecular flexibility index (Phi) is 5.04. The van der Waals surface area contributed by atoms with Crippen molar-refractivity contribution in [3.05, 3.63) is 90.0 Å². The van der Waals surface area contributed by atoms with Crippen molar-refractivity contribution in [2.75, 3.05) is 18.0 Å². The summed E-state index contributed by atoms with van der Waals surface area (Å²) in [4.78, 5) is 29.0. The quantitative estimate of drug-likeness (QED) is 0.651. The number of amides is 2. The number of hydrogen-bond donors (Lipinski definition) is 0. The Hall–Kier alpha value is -3.24. The van der Waals surface area contributed by atoms with Crippen molar-refractivity contribution in [1.29, 1.82) is 0 Å². The lowest BCUT2D eigenvalue weighted by molar-refractivity contribution is -0.132. The molecule has 1 aliphatic rings. The van der Waals surface area contributed by atoms with Gasteiger partial charge in [-0.15, -0.1) is 0 Å². The fraction of sp³-hybridized carbons (Fsp3) is 0.167. The van der Waals surface area contributed by atoms with Gasteiger partial charge in [0.2, 0.25) is 11.8 Å². The lowest BCUT2D eigenvalue weighted by Crippen LogP contribution is -2.54. The number of anilines is 1. The van der Waals surface area contributed by atoms with Crippen LogP contribution in [0.1, 0.15) is 11.1 Å². The van der Waals surface area contributed by atoms with E-state index in [4.69, 9.17) is 0 Å². The van der Waals surface area contributed by atoms with E-state index in [0.29, 0.717) is 12.2 Å². The number of imide groups is 1. The second-order valence-electron chi connectivity index (χ2n) is 7.12. The van der Waals surface area contributed by atoms with Crippen molar-refractivity contribution >= 4 is 17.5 Å². The average molecular weight is 370 g/mol. The maximum absolute atomic E-state index is 12.9. The molecule has 4 nitrogen and oxygen atoms in total. The summed E-state index contributed by atoms with van der Waals surface area (Å²) >= 11 is 0. The molecule has 1 saturated heterocycles. The van der Waals surface area contributed by atoms with Gasteiger partial charge in [-0.2, -0.15) is 0 Å². The number of carbonyl (C=O) groups excluding carboxylic acids is 2. The van der Waals surface area contributed by atoms with E-state index < -0.39 is 0 Å². The molecule has 0 atom stereocenters. The number of aryl methyl sites for hydroxylation is 1. The molecule has 3 aromatic rings. The lowest BCUT2D eigenvalue weighted by Gasteiger charge is -2.33. The van der Waals surface area contributed by atoms with Crippen molar-refractivity contribution < 1.29 is 9.59 Å². The summed E-state index contributed by atoms with van der Waals surface area (Å²) in [5.41, 5.74) is 4.74. The van der Waals surface area contributed by atoms with E-state index in [1.165, 1.54) is 4.90 Å². The molecule has 4 rings (SSSR count). The maximum Gasteiger partial charge on any atom is 0.248 e. The van der Waals surface area contributed by atoms with Gasteiger partial charge in [-0.3, -0.25) is 14.5 Å². The predicted molar refractivity (Wildman–Crippen MR) is 111 cm³/mol. The second kappa shape index (κ2) is 7.79. The molecule has 1 aliphatic heterocycles. The molecule has 0 N–H and O–H groups in total. The molecule has 0 aliphatic carbocycles. The Bertz CT molecular complexity index is 982. The summed E-state index contributed by atoms with van der Waals surface area (Å²) in [6, 6.07) is 25.8. The molecule has 0 saturated carbocycles. The second-order valence-corrected chi connectivity index (χ2v) is 7.12. The first-order valence-electron chi connectivity index (χ1n) is 9.40. The molecule has 1 heterocycles. The largest absolute Gasteiger partial charge is 0.281 e. The van der Waals surface area contributed by atoms with Gasteiger partial charge < -0.3 is 0 Å². The van der Waals surface area contributed by atoms with E-state index in [-0.39, 0.29) is 24.9 Å². The Morgan fingerprint density at radius 1 is 0.750 bits per heavy atom. The smallest absolute Gasteiger partial charge is 0.248 e. The Balaban J connectivity index is 1.58. The van der Waals surface area contributed by atoms with Crippen LogP contribution in [-0.4, -0.2) is 29.8 Å². The van der Waals surface area contributed by atoms with Crippen LogP contribution < -0.4 is 4.90 Å². The van der Waals surface area contributed by atoms with E-state index in [0.717, 1.165) is 22.3 Å². The lowest BCUT2D eigenvalue weighted by atomic mass is 10.0. The van der Waals surface area contributed by atoms with Crippen molar-refractivity contribution in [2.24, 2.45) is 0 Å². The van der Waals surface area contributed by atoms with Crippen LogP contribution in [0, 0.1) is 6.92 Å². The molecule has 0 unspecified atom stereocenters. The van der Waals surface area contributed by atoms with E-state index in [9.17, 15) is 9.59 Å². The third-order valence-electron chi connectivity index (χ3n) is 5.02. The molecule has 0 radical (unpaired) electrons. The van der Waals surface area contributed by atoms with E-state index >= 15 is 0 Å². The normalized spacial score (nSPS) is 15.1. The number of piperazine rings is 1. The first kappa shape index (κ1) is 18.1. The van der Waals surface area contributed by atoms with E-state index in [1.807, 2.05) is 90.7 Å². The van der Waals surface area contributed by atoms with Crippen LogP contribution in [0.25, 0.3) is 11.1 Å².